The maximum Gasteiger partial charge on any atom is 0.266 e. The van der Waals surface area contributed by atoms with Gasteiger partial charge in [0.25, 0.3) is 11.5 Å². The number of carbonyl (C=O) groups is 1. The SMILES string of the molecule is COc1cccc(-n2c(C=C3C(=O)Nc4ccc(Br)cc43)nc3ccccc3c2=O)c1. The van der Waals surface area contributed by atoms with E-state index in [9.17, 15) is 9.59 Å². The topological polar surface area (TPSA) is 73.2 Å². The minimum Gasteiger partial charge on any atom is -0.497 e. The zero-order chi connectivity index (χ0) is 21.5. The molecule has 31 heavy (non-hydrogen) atoms. The molecule has 1 N–H and O–H groups in total. The van der Waals surface area contributed by atoms with Crippen molar-refractivity contribution in [2.75, 3.05) is 12.4 Å². The number of rotatable bonds is 3. The molecular weight excluding hydrogens is 458 g/mol. The van der Waals surface area contributed by atoms with Crippen molar-refractivity contribution < 1.29 is 9.53 Å². The van der Waals surface area contributed by atoms with Crippen molar-refractivity contribution in [3.63, 3.8) is 0 Å². The summed E-state index contributed by atoms with van der Waals surface area (Å²) in [5, 5.41) is 3.35. The highest BCUT2D eigenvalue weighted by molar-refractivity contribution is 9.10. The Balaban J connectivity index is 1.81. The lowest BCUT2D eigenvalue weighted by Gasteiger charge is -2.13. The van der Waals surface area contributed by atoms with Crippen LogP contribution in [0.2, 0.25) is 0 Å². The number of hydrogen-bond acceptors (Lipinski definition) is 4. The molecule has 0 atom stereocenters. The van der Waals surface area contributed by atoms with Gasteiger partial charge in [0, 0.05) is 21.8 Å². The van der Waals surface area contributed by atoms with Gasteiger partial charge in [0.1, 0.15) is 11.6 Å². The summed E-state index contributed by atoms with van der Waals surface area (Å²) in [6, 6.07) is 19.9. The lowest BCUT2D eigenvalue weighted by Crippen LogP contribution is -2.22. The lowest BCUT2D eigenvalue weighted by molar-refractivity contribution is -0.110. The van der Waals surface area contributed by atoms with E-state index < -0.39 is 0 Å². The molecule has 0 unspecified atom stereocenters. The summed E-state index contributed by atoms with van der Waals surface area (Å²) < 4.78 is 7.69. The molecule has 0 radical (unpaired) electrons. The zero-order valence-electron chi connectivity index (χ0n) is 16.4. The average Bonchev–Trinajstić information content (AvgIpc) is 3.08. The number of para-hydroxylation sites is 1. The molecule has 1 aliphatic heterocycles. The molecule has 1 aliphatic rings. The van der Waals surface area contributed by atoms with E-state index in [0.29, 0.717) is 33.7 Å². The van der Waals surface area contributed by atoms with Gasteiger partial charge in [-0.2, -0.15) is 0 Å². The number of benzene rings is 3. The lowest BCUT2D eigenvalue weighted by atomic mass is 10.1. The first-order valence-electron chi connectivity index (χ1n) is 9.54. The molecule has 6 nitrogen and oxygen atoms in total. The van der Waals surface area contributed by atoms with Crippen LogP contribution in [0.3, 0.4) is 0 Å². The fourth-order valence-electron chi connectivity index (χ4n) is 3.68. The Morgan fingerprint density at radius 1 is 1.03 bits per heavy atom. The van der Waals surface area contributed by atoms with E-state index in [0.717, 1.165) is 15.7 Å². The highest BCUT2D eigenvalue weighted by atomic mass is 79.9. The summed E-state index contributed by atoms with van der Waals surface area (Å²) in [4.78, 5) is 30.9. The number of aromatic nitrogens is 2. The predicted molar refractivity (Wildman–Crippen MR) is 125 cm³/mol. The van der Waals surface area contributed by atoms with Gasteiger partial charge in [0.2, 0.25) is 0 Å². The minimum atomic E-state index is -0.243. The molecule has 152 valence electrons. The van der Waals surface area contributed by atoms with Gasteiger partial charge in [0.15, 0.2) is 0 Å². The highest BCUT2D eigenvalue weighted by Crippen LogP contribution is 2.35. The number of methoxy groups -OCH3 is 1. The number of carbonyl (C=O) groups excluding carboxylic acids is 1. The molecule has 3 aromatic carbocycles. The van der Waals surface area contributed by atoms with Crippen molar-refractivity contribution in [2.45, 2.75) is 0 Å². The number of hydrogen-bond donors (Lipinski definition) is 1. The molecule has 4 aromatic rings. The normalized spacial score (nSPS) is 14.0. The number of ether oxygens (including phenoxy) is 1. The van der Waals surface area contributed by atoms with Crippen molar-refractivity contribution in [3.8, 4) is 11.4 Å². The minimum absolute atomic E-state index is 0.224. The number of fused-ring (bicyclic) bond motifs is 2. The van der Waals surface area contributed by atoms with Crippen LogP contribution in [0.15, 0.2) is 76.0 Å². The molecule has 5 rings (SSSR count). The molecule has 2 heterocycles. The molecular formula is C24H16BrN3O3. The van der Waals surface area contributed by atoms with E-state index in [-0.39, 0.29) is 11.5 Å². The van der Waals surface area contributed by atoms with Crippen LogP contribution in [-0.2, 0) is 4.79 Å². The summed E-state index contributed by atoms with van der Waals surface area (Å²) in [5.74, 6) is 0.728. The van der Waals surface area contributed by atoms with Gasteiger partial charge in [-0.25, -0.2) is 4.98 Å². The number of halogens is 1. The van der Waals surface area contributed by atoms with Gasteiger partial charge in [-0.15, -0.1) is 0 Å². The van der Waals surface area contributed by atoms with Crippen LogP contribution in [0.1, 0.15) is 11.4 Å². The molecule has 0 aliphatic carbocycles. The zero-order valence-corrected chi connectivity index (χ0v) is 18.0. The summed E-state index contributed by atoms with van der Waals surface area (Å²) in [7, 11) is 1.57. The first-order chi connectivity index (χ1) is 15.0. The van der Waals surface area contributed by atoms with E-state index in [1.807, 2.05) is 30.3 Å². The Morgan fingerprint density at radius 3 is 2.71 bits per heavy atom. The Bertz CT molecular complexity index is 1460. The van der Waals surface area contributed by atoms with Gasteiger partial charge in [-0.05, 0) is 48.5 Å². The molecule has 0 fully saturated rings. The monoisotopic (exact) mass is 473 g/mol. The van der Waals surface area contributed by atoms with E-state index in [2.05, 4.69) is 21.2 Å². The second-order valence-corrected chi connectivity index (χ2v) is 7.95. The average molecular weight is 474 g/mol. The largest absolute Gasteiger partial charge is 0.497 e. The van der Waals surface area contributed by atoms with Crippen molar-refractivity contribution in [2.24, 2.45) is 0 Å². The standard InChI is InChI=1S/C24H16BrN3O3/c1-31-16-6-4-5-15(12-16)28-22(26-20-8-3-2-7-17(20)24(28)30)13-19-18-11-14(25)9-10-21(18)27-23(19)29/h2-13H,1H3,(H,27,29). The third kappa shape index (κ3) is 3.33. The van der Waals surface area contributed by atoms with Crippen molar-refractivity contribution in [1.82, 2.24) is 9.55 Å². The second-order valence-electron chi connectivity index (χ2n) is 7.03. The number of nitrogens with one attached hydrogen (secondary N) is 1. The van der Waals surface area contributed by atoms with Gasteiger partial charge in [-0.1, -0.05) is 34.1 Å². The van der Waals surface area contributed by atoms with E-state index in [4.69, 9.17) is 9.72 Å². The van der Waals surface area contributed by atoms with Crippen molar-refractivity contribution >= 4 is 50.1 Å². The second kappa shape index (κ2) is 7.52. The number of anilines is 1. The molecule has 0 saturated carbocycles. The third-order valence-electron chi connectivity index (χ3n) is 5.15. The van der Waals surface area contributed by atoms with E-state index in [1.165, 1.54) is 4.57 Å². The van der Waals surface area contributed by atoms with Crippen molar-refractivity contribution in [1.29, 1.82) is 0 Å². The predicted octanol–water partition coefficient (Wildman–Crippen LogP) is 4.65. The van der Waals surface area contributed by atoms with Gasteiger partial charge < -0.3 is 10.1 Å². The Labute approximate surface area is 185 Å². The van der Waals surface area contributed by atoms with Crippen LogP contribution >= 0.6 is 15.9 Å². The quantitative estimate of drug-likeness (QED) is 0.439. The van der Waals surface area contributed by atoms with Crippen LogP contribution in [0, 0.1) is 0 Å². The van der Waals surface area contributed by atoms with Gasteiger partial charge in [-0.3, -0.25) is 14.2 Å². The van der Waals surface area contributed by atoms with Crippen LogP contribution in [0.5, 0.6) is 5.75 Å². The smallest absolute Gasteiger partial charge is 0.266 e. The van der Waals surface area contributed by atoms with Gasteiger partial charge >= 0.3 is 0 Å². The van der Waals surface area contributed by atoms with Crippen LogP contribution in [0.25, 0.3) is 28.2 Å². The first kappa shape index (κ1) is 19.3. The van der Waals surface area contributed by atoms with Gasteiger partial charge in [0.05, 0.1) is 29.3 Å². The fraction of sp³-hybridized carbons (Fsp3) is 0.0417. The van der Waals surface area contributed by atoms with Crippen molar-refractivity contribution in [3.05, 3.63) is 92.9 Å². The summed E-state index contributed by atoms with van der Waals surface area (Å²) >= 11 is 3.46. The van der Waals surface area contributed by atoms with Crippen LogP contribution in [0.4, 0.5) is 5.69 Å². The highest BCUT2D eigenvalue weighted by Gasteiger charge is 2.25. The van der Waals surface area contributed by atoms with Crippen LogP contribution in [-0.4, -0.2) is 22.6 Å². The number of nitrogens with zero attached hydrogens (tertiary/aromatic N) is 2. The summed E-state index contributed by atoms with van der Waals surface area (Å²) in [5.41, 5.74) is 2.84. The molecule has 7 heteroatoms. The van der Waals surface area contributed by atoms with E-state index >= 15 is 0 Å². The molecule has 1 aromatic heterocycles. The Morgan fingerprint density at radius 2 is 1.87 bits per heavy atom. The molecule has 0 saturated heterocycles. The Hall–Kier alpha value is -3.71. The van der Waals surface area contributed by atoms with E-state index in [1.54, 1.807) is 49.6 Å². The maximum absolute atomic E-state index is 13.4. The molecule has 0 bridgehead atoms. The fourth-order valence-corrected chi connectivity index (χ4v) is 4.04. The Kier molecular flexibility index (Phi) is 4.67. The maximum atomic E-state index is 13.4. The summed E-state index contributed by atoms with van der Waals surface area (Å²) in [6.45, 7) is 0. The van der Waals surface area contributed by atoms with Crippen LogP contribution < -0.4 is 15.6 Å². The number of amides is 1. The molecule has 1 amide bonds. The summed E-state index contributed by atoms with van der Waals surface area (Å²) in [6.07, 6.45) is 1.65. The third-order valence-corrected chi connectivity index (χ3v) is 5.64. The first-order valence-corrected chi connectivity index (χ1v) is 10.3. The molecule has 0 spiro atoms.